The first-order valence-electron chi connectivity index (χ1n) is 29.4. The molecule has 12 nitrogen and oxygen atoms in total. The maximum atomic E-state index is 11.8. The van der Waals surface area contributed by atoms with Gasteiger partial charge in [-0.05, 0) is 99.4 Å². The molecule has 0 aliphatic carbocycles. The lowest BCUT2D eigenvalue weighted by atomic mass is 9.95. The van der Waals surface area contributed by atoms with Crippen molar-refractivity contribution in [3.63, 3.8) is 0 Å². The fourth-order valence-corrected chi connectivity index (χ4v) is 9.72. The van der Waals surface area contributed by atoms with E-state index in [4.69, 9.17) is 31.3 Å². The summed E-state index contributed by atoms with van der Waals surface area (Å²) in [6, 6.07) is 73.6. The maximum absolute atomic E-state index is 11.8. The van der Waals surface area contributed by atoms with Crippen LogP contribution < -0.4 is 11.5 Å². The number of oxime groups is 1. The molecule has 6 unspecified atom stereocenters. The largest absolute Gasteiger partial charge is 0.481 e. The molecule has 3 radical (unpaired) electrons. The molecule has 1 heterocycles. The van der Waals surface area contributed by atoms with Crippen molar-refractivity contribution in [3.05, 3.63) is 241 Å². The lowest BCUT2D eigenvalue weighted by Crippen LogP contribution is -2.29. The molecule has 8 aromatic carbocycles. The van der Waals surface area contributed by atoms with Gasteiger partial charge in [0.1, 0.15) is 5.78 Å². The number of aliphatic carboxylic acids is 2. The third kappa shape index (κ3) is 24.6. The summed E-state index contributed by atoms with van der Waals surface area (Å²) < 4.78 is 5.02. The number of carbonyl (C=O) groups excluding carboxylic acids is 3. The number of esters is 1. The van der Waals surface area contributed by atoms with Gasteiger partial charge in [-0.25, -0.2) is 4.79 Å². The van der Waals surface area contributed by atoms with Crippen LogP contribution in [0.4, 0.5) is 0 Å². The van der Waals surface area contributed by atoms with Crippen LogP contribution in [0.1, 0.15) is 82.6 Å². The molecule has 1 aliphatic heterocycles. The summed E-state index contributed by atoms with van der Waals surface area (Å²) in [7, 11) is 0. The van der Waals surface area contributed by atoms with Crippen molar-refractivity contribution >= 4 is 56.2 Å². The van der Waals surface area contributed by atoms with E-state index in [1.54, 1.807) is 13.8 Å². The molecule has 6 atom stereocenters. The highest BCUT2D eigenvalue weighted by atomic mass is 35.5. The minimum Gasteiger partial charge on any atom is -0.481 e. The lowest BCUT2D eigenvalue weighted by Gasteiger charge is -2.16. The normalized spacial score (nSPS) is 13.9. The summed E-state index contributed by atoms with van der Waals surface area (Å²) >= 11 is 0. The lowest BCUT2D eigenvalue weighted by molar-refractivity contribution is -0.149. The molecule has 88 heavy (non-hydrogen) atoms. The van der Waals surface area contributed by atoms with Crippen LogP contribution in [-0.2, 0) is 59.2 Å². The van der Waals surface area contributed by atoms with Gasteiger partial charge in [-0.3, -0.25) is 19.2 Å². The molecule has 0 fully saturated rings. The molecule has 1 aliphatic rings. The Bertz CT molecular complexity index is 3390. The second-order valence-corrected chi connectivity index (χ2v) is 22.1. The Kier molecular flexibility index (Phi) is 30.8. The van der Waals surface area contributed by atoms with Crippen LogP contribution in [0.25, 0.3) is 44.5 Å². The van der Waals surface area contributed by atoms with Crippen molar-refractivity contribution in [1.29, 1.82) is 0 Å². The summed E-state index contributed by atoms with van der Waals surface area (Å²) in [6.45, 7) is 9.23. The van der Waals surface area contributed by atoms with Crippen LogP contribution in [0.3, 0.4) is 0 Å². The van der Waals surface area contributed by atoms with Crippen LogP contribution in [0, 0.1) is 23.7 Å². The standard InChI is InChI=1S/C20H25NO2.C18H17NO2.C18H21NO2.C18H18O3.B.ClH/c1-3-23-20(22)15(2)13-19(21)14-16-9-11-18(12-10-16)17-7-5-4-6-8-17;1-13-11-17(19-21-18(13)20)12-14-7-9-16(10-8-14)15-5-3-2-4-6-15;2*1-13(18(20)21)11-17(19)12-14-7-9-16(10-8-14)15-5-3-2-4-6-15;;/h4-12,15,19H,3,13-14,21H2,1-2H3;2-10,13H,11-12H2,1H3;2-10,13,17H,11-12,19H2,1H3,(H,20,21);2-10,13H,11-12H2,1H3,(H,20,21);;1H. The number of carbonyl (C=O) groups is 5. The second-order valence-electron chi connectivity index (χ2n) is 22.1. The minimum atomic E-state index is -0.928. The van der Waals surface area contributed by atoms with Gasteiger partial charge in [-0.1, -0.05) is 251 Å². The zero-order valence-corrected chi connectivity index (χ0v) is 51.8. The van der Waals surface area contributed by atoms with E-state index in [9.17, 15) is 24.0 Å². The van der Waals surface area contributed by atoms with E-state index in [1.807, 2.05) is 130 Å². The molecule has 9 rings (SSSR count). The minimum absolute atomic E-state index is 0. The molecule has 0 spiro atoms. The number of benzene rings is 8. The van der Waals surface area contributed by atoms with Gasteiger partial charge in [0.2, 0.25) is 0 Å². The van der Waals surface area contributed by atoms with E-state index in [1.165, 1.54) is 44.5 Å². The average Bonchev–Trinajstić information content (AvgIpc) is 3.73. The number of nitrogens with two attached hydrogens (primary N) is 2. The van der Waals surface area contributed by atoms with Gasteiger partial charge < -0.3 is 31.3 Å². The highest BCUT2D eigenvalue weighted by molar-refractivity contribution is 5.92. The third-order valence-corrected chi connectivity index (χ3v) is 14.6. The first-order valence-corrected chi connectivity index (χ1v) is 29.4. The summed E-state index contributed by atoms with van der Waals surface area (Å²) in [6.07, 6.45) is 4.37. The molecular formula is C74H82BClN3O9. The zero-order valence-electron chi connectivity index (χ0n) is 51.0. The molecule has 0 saturated heterocycles. The topological polar surface area (TPSA) is 209 Å². The first-order chi connectivity index (χ1) is 41.4. The van der Waals surface area contributed by atoms with Crippen molar-refractivity contribution in [1.82, 2.24) is 0 Å². The molecule has 457 valence electrons. The number of nitrogens with zero attached hydrogens (tertiary/aromatic N) is 1. The Balaban J connectivity index is 0.000000249. The smallest absolute Gasteiger partial charge is 0.338 e. The van der Waals surface area contributed by atoms with Crippen molar-refractivity contribution in [3.8, 4) is 44.5 Å². The Morgan fingerprint density at radius 2 is 0.841 bits per heavy atom. The van der Waals surface area contributed by atoms with E-state index in [0.717, 1.165) is 40.8 Å². The van der Waals surface area contributed by atoms with Crippen LogP contribution in [0.2, 0.25) is 0 Å². The van der Waals surface area contributed by atoms with E-state index in [0.29, 0.717) is 32.3 Å². The molecule has 8 aromatic rings. The van der Waals surface area contributed by atoms with Crippen molar-refractivity contribution in [2.45, 2.75) is 98.1 Å². The van der Waals surface area contributed by atoms with Crippen molar-refractivity contribution < 1.29 is 43.8 Å². The van der Waals surface area contributed by atoms with Crippen LogP contribution >= 0.6 is 12.4 Å². The number of ketones is 1. The van der Waals surface area contributed by atoms with Gasteiger partial charge in [-0.2, -0.15) is 0 Å². The number of carboxylic acid groups (broad SMARTS) is 2. The second kappa shape index (κ2) is 37.7. The number of hydrogen-bond donors (Lipinski definition) is 4. The fourth-order valence-electron chi connectivity index (χ4n) is 9.72. The van der Waals surface area contributed by atoms with Crippen LogP contribution in [0.5, 0.6) is 0 Å². The molecule has 14 heteroatoms. The Hall–Kier alpha value is -8.75. The number of rotatable bonds is 22. The van der Waals surface area contributed by atoms with Gasteiger partial charge in [0.25, 0.3) is 0 Å². The predicted octanol–water partition coefficient (Wildman–Crippen LogP) is 14.6. The van der Waals surface area contributed by atoms with Gasteiger partial charge >= 0.3 is 23.9 Å². The van der Waals surface area contributed by atoms with Gasteiger partial charge in [0.15, 0.2) is 0 Å². The quantitative estimate of drug-likeness (QED) is 0.0285. The highest BCUT2D eigenvalue weighted by Gasteiger charge is 2.23. The number of carboxylic acids is 2. The van der Waals surface area contributed by atoms with Crippen LogP contribution in [0.15, 0.2) is 224 Å². The van der Waals surface area contributed by atoms with E-state index < -0.39 is 23.8 Å². The first kappa shape index (κ1) is 71.7. The number of hydrogen-bond acceptors (Lipinski definition) is 10. The fraction of sp³-hybridized carbons (Fsp3) is 0.270. The SMILES string of the molecule is CC(CC(=O)Cc1ccc(-c2ccccc2)cc1)C(=O)O.CC(CC(N)Cc1ccc(-c2ccccc2)cc1)C(=O)O.CC1CC(Cc2ccc(-c3ccccc3)cc2)=NOC1=O.CCOC(=O)C(C)CC(N)Cc1ccc(-c2ccccc2)cc1.Cl.[B]. The number of Topliss-reactive ketones (excluding diaryl/α,β-unsaturated/α-hetero) is 1. The number of halogens is 1. The zero-order chi connectivity index (χ0) is 61.8. The Labute approximate surface area is 527 Å². The molecule has 6 N–H and O–H groups in total. The maximum Gasteiger partial charge on any atom is 0.338 e. The van der Waals surface area contributed by atoms with E-state index >= 15 is 0 Å². The van der Waals surface area contributed by atoms with Gasteiger partial charge in [-0.15, -0.1) is 12.4 Å². The molecule has 0 amide bonds. The van der Waals surface area contributed by atoms with Crippen molar-refractivity contribution in [2.75, 3.05) is 6.61 Å². The molecule has 0 bridgehead atoms. The summed E-state index contributed by atoms with van der Waals surface area (Å²) in [4.78, 5) is 61.1. The summed E-state index contributed by atoms with van der Waals surface area (Å²) in [5.74, 6) is -3.44. The van der Waals surface area contributed by atoms with E-state index in [2.05, 4.69) is 114 Å². The number of ether oxygens (including phenoxy) is 1. The summed E-state index contributed by atoms with van der Waals surface area (Å²) in [5.41, 5.74) is 27.0. The Morgan fingerprint density at radius 1 is 0.511 bits per heavy atom. The van der Waals surface area contributed by atoms with Gasteiger partial charge in [0.05, 0.1) is 36.0 Å². The van der Waals surface area contributed by atoms with Gasteiger partial charge in [0, 0.05) is 46.2 Å². The molecule has 0 saturated carbocycles. The Morgan fingerprint density at radius 3 is 1.18 bits per heavy atom. The predicted molar refractivity (Wildman–Crippen MR) is 357 cm³/mol. The van der Waals surface area contributed by atoms with Crippen LogP contribution in [-0.4, -0.2) is 72.7 Å². The third-order valence-electron chi connectivity index (χ3n) is 14.6. The monoisotopic (exact) mass is 1200 g/mol. The van der Waals surface area contributed by atoms with E-state index in [-0.39, 0.29) is 75.3 Å². The summed E-state index contributed by atoms with van der Waals surface area (Å²) in [5, 5.41) is 21.6. The molecular weight excluding hydrogens is 1120 g/mol. The highest BCUT2D eigenvalue weighted by Crippen LogP contribution is 2.25. The van der Waals surface area contributed by atoms with Crippen molar-refractivity contribution in [2.24, 2.45) is 40.3 Å². The average molecular weight is 1200 g/mol. The molecule has 0 aromatic heterocycles.